The molecule has 2 aromatic rings. The van der Waals surface area contributed by atoms with Crippen molar-refractivity contribution in [2.45, 2.75) is 19.3 Å². The van der Waals surface area contributed by atoms with Crippen LogP contribution in [0.4, 0.5) is 0 Å². The number of rotatable bonds is 5. The minimum absolute atomic E-state index is 0.197. The number of Topliss-reactive ketones (excluding diaryl/α,β-unsaturated/α-hetero) is 1. The van der Waals surface area contributed by atoms with Gasteiger partial charge < -0.3 is 0 Å². The van der Waals surface area contributed by atoms with Gasteiger partial charge in [-0.1, -0.05) is 60.1 Å². The van der Waals surface area contributed by atoms with Crippen LogP contribution in [0, 0.1) is 0 Å². The highest BCUT2D eigenvalue weighted by Crippen LogP contribution is 2.17. The lowest BCUT2D eigenvalue weighted by Gasteiger charge is -2.03. The summed E-state index contributed by atoms with van der Waals surface area (Å²) in [6.07, 6.45) is 2.24. The molecule has 92 valence electrons. The predicted octanol–water partition coefficient (Wildman–Crippen LogP) is 4.55. The molecular formula is C16H15ClO. The van der Waals surface area contributed by atoms with Gasteiger partial charge in [0, 0.05) is 17.0 Å². The first-order valence-corrected chi connectivity index (χ1v) is 6.47. The fraction of sp³-hybridized carbons (Fsp3) is 0.188. The summed E-state index contributed by atoms with van der Waals surface area (Å²) in [7, 11) is 0. The zero-order valence-corrected chi connectivity index (χ0v) is 10.9. The standard InChI is InChI=1S/C16H15ClO/c17-15-11-5-4-7-13(15)10-6-12-16(18)14-8-2-1-3-9-14/h1-5,7-9,11H,6,10,12H2. The molecule has 2 aromatic carbocycles. The Morgan fingerprint density at radius 3 is 2.33 bits per heavy atom. The van der Waals surface area contributed by atoms with E-state index >= 15 is 0 Å². The number of benzene rings is 2. The molecule has 2 heteroatoms. The maximum atomic E-state index is 11.9. The summed E-state index contributed by atoms with van der Waals surface area (Å²) in [5.41, 5.74) is 1.90. The maximum absolute atomic E-state index is 11.9. The van der Waals surface area contributed by atoms with E-state index in [1.165, 1.54) is 0 Å². The van der Waals surface area contributed by atoms with Gasteiger partial charge in [-0.25, -0.2) is 0 Å². The van der Waals surface area contributed by atoms with Crippen molar-refractivity contribution in [3.05, 3.63) is 70.7 Å². The largest absolute Gasteiger partial charge is 0.294 e. The van der Waals surface area contributed by atoms with E-state index in [9.17, 15) is 4.79 Å². The summed E-state index contributed by atoms with van der Waals surface area (Å²) < 4.78 is 0. The van der Waals surface area contributed by atoms with Crippen LogP contribution in [0.15, 0.2) is 54.6 Å². The van der Waals surface area contributed by atoms with E-state index in [-0.39, 0.29) is 5.78 Å². The minimum atomic E-state index is 0.197. The van der Waals surface area contributed by atoms with Crippen LogP contribution >= 0.6 is 11.6 Å². The van der Waals surface area contributed by atoms with Crippen molar-refractivity contribution < 1.29 is 4.79 Å². The fourth-order valence-corrected chi connectivity index (χ4v) is 2.14. The molecule has 1 nitrogen and oxygen atoms in total. The van der Waals surface area contributed by atoms with Gasteiger partial charge in [-0.2, -0.15) is 0 Å². The van der Waals surface area contributed by atoms with E-state index in [2.05, 4.69) is 0 Å². The minimum Gasteiger partial charge on any atom is -0.294 e. The third-order valence-electron chi connectivity index (χ3n) is 2.90. The Bertz CT molecular complexity index is 520. The van der Waals surface area contributed by atoms with Gasteiger partial charge in [0.2, 0.25) is 0 Å². The molecule has 0 aromatic heterocycles. The summed E-state index contributed by atoms with van der Waals surface area (Å²) in [6.45, 7) is 0. The highest BCUT2D eigenvalue weighted by atomic mass is 35.5. The summed E-state index contributed by atoms with van der Waals surface area (Å²) in [6, 6.07) is 17.2. The number of carbonyl (C=O) groups excluding carboxylic acids is 1. The molecule has 18 heavy (non-hydrogen) atoms. The number of hydrogen-bond acceptors (Lipinski definition) is 1. The molecule has 0 spiro atoms. The van der Waals surface area contributed by atoms with Gasteiger partial charge in [-0.3, -0.25) is 4.79 Å². The van der Waals surface area contributed by atoms with Crippen LogP contribution < -0.4 is 0 Å². The lowest BCUT2D eigenvalue weighted by atomic mass is 10.0. The van der Waals surface area contributed by atoms with Crippen molar-refractivity contribution in [3.63, 3.8) is 0 Å². The first-order chi connectivity index (χ1) is 8.77. The highest BCUT2D eigenvalue weighted by molar-refractivity contribution is 6.31. The molecule has 0 saturated heterocycles. The molecule has 0 aliphatic rings. The Kier molecular flexibility index (Phi) is 4.54. The Hall–Kier alpha value is -1.60. The Balaban J connectivity index is 1.86. The van der Waals surface area contributed by atoms with Crippen LogP contribution in [0.5, 0.6) is 0 Å². The van der Waals surface area contributed by atoms with Crippen molar-refractivity contribution in [2.24, 2.45) is 0 Å². The summed E-state index contributed by atoms with van der Waals surface area (Å²) >= 11 is 6.07. The van der Waals surface area contributed by atoms with Crippen LogP contribution in [0.3, 0.4) is 0 Å². The molecule has 2 rings (SSSR count). The quantitative estimate of drug-likeness (QED) is 0.720. The Morgan fingerprint density at radius 1 is 0.944 bits per heavy atom. The molecule has 0 heterocycles. The third kappa shape index (κ3) is 3.44. The van der Waals surface area contributed by atoms with Gasteiger partial charge in [-0.05, 0) is 24.5 Å². The second-order valence-corrected chi connectivity index (χ2v) is 4.64. The lowest BCUT2D eigenvalue weighted by Crippen LogP contribution is -1.99. The molecule has 0 bridgehead atoms. The number of ketones is 1. The number of carbonyl (C=O) groups is 1. The maximum Gasteiger partial charge on any atom is 0.162 e. The van der Waals surface area contributed by atoms with Gasteiger partial charge in [0.1, 0.15) is 0 Å². The normalized spacial score (nSPS) is 10.3. The molecule has 0 atom stereocenters. The summed E-state index contributed by atoms with van der Waals surface area (Å²) in [5, 5.41) is 0.782. The van der Waals surface area contributed by atoms with Crippen molar-refractivity contribution in [1.82, 2.24) is 0 Å². The predicted molar refractivity (Wildman–Crippen MR) is 75.2 cm³/mol. The lowest BCUT2D eigenvalue weighted by molar-refractivity contribution is 0.0980. The summed E-state index contributed by atoms with van der Waals surface area (Å²) in [4.78, 5) is 11.9. The Labute approximate surface area is 112 Å². The monoisotopic (exact) mass is 258 g/mol. The number of aryl methyl sites for hydroxylation is 1. The van der Waals surface area contributed by atoms with E-state index in [1.807, 2.05) is 54.6 Å². The molecule has 0 amide bonds. The smallest absolute Gasteiger partial charge is 0.162 e. The van der Waals surface area contributed by atoms with Crippen molar-refractivity contribution in [2.75, 3.05) is 0 Å². The first-order valence-electron chi connectivity index (χ1n) is 6.09. The second-order valence-electron chi connectivity index (χ2n) is 4.23. The van der Waals surface area contributed by atoms with E-state index < -0.39 is 0 Å². The van der Waals surface area contributed by atoms with E-state index in [0.29, 0.717) is 6.42 Å². The van der Waals surface area contributed by atoms with E-state index in [0.717, 1.165) is 29.0 Å². The molecule has 0 unspecified atom stereocenters. The van der Waals surface area contributed by atoms with Gasteiger partial charge in [-0.15, -0.1) is 0 Å². The molecule has 0 fully saturated rings. The molecule has 0 saturated carbocycles. The summed E-state index contributed by atoms with van der Waals surface area (Å²) in [5.74, 6) is 0.197. The molecular weight excluding hydrogens is 244 g/mol. The van der Waals surface area contributed by atoms with Gasteiger partial charge in [0.25, 0.3) is 0 Å². The van der Waals surface area contributed by atoms with Gasteiger partial charge >= 0.3 is 0 Å². The zero-order valence-electron chi connectivity index (χ0n) is 10.1. The van der Waals surface area contributed by atoms with E-state index in [1.54, 1.807) is 0 Å². The average molecular weight is 259 g/mol. The molecule has 0 N–H and O–H groups in total. The van der Waals surface area contributed by atoms with Crippen molar-refractivity contribution >= 4 is 17.4 Å². The van der Waals surface area contributed by atoms with Crippen molar-refractivity contribution in [3.8, 4) is 0 Å². The Morgan fingerprint density at radius 2 is 1.61 bits per heavy atom. The second kappa shape index (κ2) is 6.36. The van der Waals surface area contributed by atoms with Crippen LogP contribution in [0.1, 0.15) is 28.8 Å². The van der Waals surface area contributed by atoms with Crippen LogP contribution in [-0.4, -0.2) is 5.78 Å². The number of halogens is 1. The highest BCUT2D eigenvalue weighted by Gasteiger charge is 2.05. The molecule has 0 radical (unpaired) electrons. The SMILES string of the molecule is O=C(CCCc1ccccc1Cl)c1ccccc1. The zero-order chi connectivity index (χ0) is 12.8. The molecule has 0 aliphatic heterocycles. The first kappa shape index (κ1) is 12.8. The van der Waals surface area contributed by atoms with Gasteiger partial charge in [0.05, 0.1) is 0 Å². The topological polar surface area (TPSA) is 17.1 Å². The van der Waals surface area contributed by atoms with Gasteiger partial charge in [0.15, 0.2) is 5.78 Å². The molecule has 0 aliphatic carbocycles. The van der Waals surface area contributed by atoms with Crippen LogP contribution in [-0.2, 0) is 6.42 Å². The van der Waals surface area contributed by atoms with Crippen molar-refractivity contribution in [1.29, 1.82) is 0 Å². The average Bonchev–Trinajstić information content (AvgIpc) is 2.42. The van der Waals surface area contributed by atoms with E-state index in [4.69, 9.17) is 11.6 Å². The van der Waals surface area contributed by atoms with Crippen LogP contribution in [0.2, 0.25) is 5.02 Å². The number of hydrogen-bond donors (Lipinski definition) is 0. The fourth-order valence-electron chi connectivity index (χ4n) is 1.91. The third-order valence-corrected chi connectivity index (χ3v) is 3.27. The van der Waals surface area contributed by atoms with Crippen LogP contribution in [0.25, 0.3) is 0 Å².